The van der Waals surface area contributed by atoms with E-state index in [0.29, 0.717) is 18.7 Å². The quantitative estimate of drug-likeness (QED) is 0.792. The molecule has 1 N–H and O–H groups in total. The monoisotopic (exact) mass is 253 g/mol. The smallest absolute Gasteiger partial charge is 0.164 e. The first-order valence-corrected chi connectivity index (χ1v) is 6.16. The number of Topliss-reactive ketones (excluding diaryl/α,β-unsaturated/α-hetero) is 1. The molecule has 0 saturated carbocycles. The summed E-state index contributed by atoms with van der Waals surface area (Å²) in [5.41, 5.74) is 0.732. The van der Waals surface area contributed by atoms with Gasteiger partial charge in [-0.05, 0) is 39.3 Å². The molecule has 0 aliphatic heterocycles. The van der Waals surface area contributed by atoms with Crippen molar-refractivity contribution in [2.24, 2.45) is 0 Å². The summed E-state index contributed by atoms with van der Waals surface area (Å²) in [7, 11) is 0. The lowest BCUT2D eigenvalue weighted by molar-refractivity contribution is 0.101. The zero-order chi connectivity index (χ0) is 13.7. The number of nitrogens with zero attached hydrogens (tertiary/aromatic N) is 1. The topological polar surface area (TPSA) is 40.5 Å². The van der Waals surface area contributed by atoms with E-state index in [1.807, 2.05) is 18.7 Å². The lowest BCUT2D eigenvalue weighted by Crippen LogP contribution is -2.33. The molecule has 0 saturated heterocycles. The molecule has 0 bridgehead atoms. The number of rotatable bonds is 6. The molecule has 1 rings (SSSR count). The van der Waals surface area contributed by atoms with Crippen molar-refractivity contribution in [2.75, 3.05) is 18.1 Å². The van der Waals surface area contributed by atoms with Crippen molar-refractivity contribution in [3.63, 3.8) is 0 Å². The minimum Gasteiger partial charge on any atom is -0.396 e. The van der Waals surface area contributed by atoms with Crippen molar-refractivity contribution in [1.82, 2.24) is 0 Å². The fraction of sp³-hybridized carbons (Fsp3) is 0.500. The SMILES string of the molecule is CC(=O)c1c(F)cccc1N(CCCO)C(C)C. The van der Waals surface area contributed by atoms with Gasteiger partial charge in [-0.2, -0.15) is 0 Å². The molecule has 1 aromatic carbocycles. The Bertz CT molecular complexity index is 418. The highest BCUT2D eigenvalue weighted by molar-refractivity contribution is 6.00. The van der Waals surface area contributed by atoms with Crippen molar-refractivity contribution in [3.05, 3.63) is 29.6 Å². The third kappa shape index (κ3) is 3.29. The van der Waals surface area contributed by atoms with Gasteiger partial charge in [-0.3, -0.25) is 4.79 Å². The highest BCUT2D eigenvalue weighted by Gasteiger charge is 2.19. The molecule has 4 heteroatoms. The summed E-state index contributed by atoms with van der Waals surface area (Å²) in [5, 5.41) is 8.91. The predicted octanol–water partition coefficient (Wildman–Crippen LogP) is 2.63. The van der Waals surface area contributed by atoms with E-state index in [-0.39, 0.29) is 24.0 Å². The van der Waals surface area contributed by atoms with Crippen LogP contribution in [0.25, 0.3) is 0 Å². The number of aliphatic hydroxyl groups is 1. The van der Waals surface area contributed by atoms with Crippen LogP contribution in [0.1, 0.15) is 37.6 Å². The molecule has 18 heavy (non-hydrogen) atoms. The summed E-state index contributed by atoms with van der Waals surface area (Å²) in [6, 6.07) is 4.78. The fourth-order valence-corrected chi connectivity index (χ4v) is 2.00. The number of aliphatic hydroxyl groups excluding tert-OH is 1. The van der Waals surface area contributed by atoms with Crippen LogP contribution in [0.5, 0.6) is 0 Å². The van der Waals surface area contributed by atoms with Crippen LogP contribution in [0, 0.1) is 5.82 Å². The molecular weight excluding hydrogens is 233 g/mol. The van der Waals surface area contributed by atoms with E-state index >= 15 is 0 Å². The summed E-state index contributed by atoms with van der Waals surface area (Å²) in [6.45, 7) is 6.00. The van der Waals surface area contributed by atoms with Gasteiger partial charge in [0.1, 0.15) is 5.82 Å². The molecule has 0 heterocycles. The van der Waals surface area contributed by atoms with Gasteiger partial charge in [-0.25, -0.2) is 4.39 Å². The second-order valence-electron chi connectivity index (χ2n) is 4.55. The third-order valence-corrected chi connectivity index (χ3v) is 2.83. The Morgan fingerprint density at radius 3 is 2.61 bits per heavy atom. The predicted molar refractivity (Wildman–Crippen MR) is 70.6 cm³/mol. The second-order valence-corrected chi connectivity index (χ2v) is 4.55. The third-order valence-electron chi connectivity index (χ3n) is 2.83. The van der Waals surface area contributed by atoms with Gasteiger partial charge in [0.05, 0.1) is 11.3 Å². The van der Waals surface area contributed by atoms with Gasteiger partial charge in [-0.15, -0.1) is 0 Å². The van der Waals surface area contributed by atoms with Crippen LogP contribution < -0.4 is 4.90 Å². The minimum absolute atomic E-state index is 0.0773. The molecule has 0 unspecified atom stereocenters. The van der Waals surface area contributed by atoms with Crippen LogP contribution in [0.15, 0.2) is 18.2 Å². The normalized spacial score (nSPS) is 10.8. The van der Waals surface area contributed by atoms with E-state index in [9.17, 15) is 9.18 Å². The van der Waals surface area contributed by atoms with Crippen molar-refractivity contribution < 1.29 is 14.3 Å². The van der Waals surface area contributed by atoms with Gasteiger partial charge < -0.3 is 10.0 Å². The van der Waals surface area contributed by atoms with Gasteiger partial charge in [0, 0.05) is 19.2 Å². The molecule has 0 aliphatic rings. The molecule has 0 radical (unpaired) electrons. The molecule has 0 fully saturated rings. The van der Waals surface area contributed by atoms with Crippen molar-refractivity contribution in [1.29, 1.82) is 0 Å². The van der Waals surface area contributed by atoms with Crippen LogP contribution in [0.2, 0.25) is 0 Å². The minimum atomic E-state index is -0.491. The summed E-state index contributed by atoms with van der Waals surface area (Å²) < 4.78 is 13.7. The van der Waals surface area contributed by atoms with Gasteiger partial charge >= 0.3 is 0 Å². The van der Waals surface area contributed by atoms with Gasteiger partial charge in [0.25, 0.3) is 0 Å². The molecule has 1 aromatic rings. The largest absolute Gasteiger partial charge is 0.396 e. The number of benzene rings is 1. The van der Waals surface area contributed by atoms with Gasteiger partial charge in [0.2, 0.25) is 0 Å². The van der Waals surface area contributed by atoms with Crippen molar-refractivity contribution in [2.45, 2.75) is 33.2 Å². The summed E-state index contributed by atoms with van der Waals surface area (Å²) >= 11 is 0. The summed E-state index contributed by atoms with van der Waals surface area (Å²) in [4.78, 5) is 13.5. The molecular formula is C14H20FNO2. The number of hydrogen-bond donors (Lipinski definition) is 1. The van der Waals surface area contributed by atoms with Crippen molar-refractivity contribution in [3.8, 4) is 0 Å². The molecule has 3 nitrogen and oxygen atoms in total. The fourth-order valence-electron chi connectivity index (χ4n) is 2.00. The average Bonchev–Trinajstić information content (AvgIpc) is 2.28. The molecule has 0 aliphatic carbocycles. The van der Waals surface area contributed by atoms with Gasteiger partial charge in [-0.1, -0.05) is 6.07 Å². The summed E-state index contributed by atoms with van der Waals surface area (Å²) in [5.74, 6) is -0.771. The van der Waals surface area contributed by atoms with Crippen LogP contribution in [0.3, 0.4) is 0 Å². The summed E-state index contributed by atoms with van der Waals surface area (Å²) in [6.07, 6.45) is 0.589. The molecule has 0 spiro atoms. The van der Waals surface area contributed by atoms with E-state index < -0.39 is 5.82 Å². The zero-order valence-corrected chi connectivity index (χ0v) is 11.1. The number of ketones is 1. The highest BCUT2D eigenvalue weighted by atomic mass is 19.1. The Labute approximate surface area is 107 Å². The van der Waals surface area contributed by atoms with Gasteiger partial charge in [0.15, 0.2) is 5.78 Å². The Morgan fingerprint density at radius 2 is 2.11 bits per heavy atom. The van der Waals surface area contributed by atoms with Crippen LogP contribution >= 0.6 is 0 Å². The maximum atomic E-state index is 13.7. The lowest BCUT2D eigenvalue weighted by atomic mass is 10.1. The van der Waals surface area contributed by atoms with E-state index in [2.05, 4.69) is 0 Å². The first kappa shape index (κ1) is 14.6. The Balaban J connectivity index is 3.19. The Kier molecular flexibility index (Phi) is 5.28. The van der Waals surface area contributed by atoms with Crippen LogP contribution in [-0.4, -0.2) is 30.1 Å². The van der Waals surface area contributed by atoms with Crippen LogP contribution in [0.4, 0.5) is 10.1 Å². The zero-order valence-electron chi connectivity index (χ0n) is 11.1. The number of carbonyl (C=O) groups is 1. The number of halogens is 1. The van der Waals surface area contributed by atoms with E-state index in [1.165, 1.54) is 13.0 Å². The first-order chi connectivity index (χ1) is 8.49. The van der Waals surface area contributed by atoms with Crippen molar-refractivity contribution >= 4 is 11.5 Å². The van der Waals surface area contributed by atoms with E-state index in [0.717, 1.165) is 0 Å². The number of anilines is 1. The second kappa shape index (κ2) is 6.50. The first-order valence-electron chi connectivity index (χ1n) is 6.16. The molecule has 100 valence electrons. The Morgan fingerprint density at radius 1 is 1.44 bits per heavy atom. The maximum Gasteiger partial charge on any atom is 0.164 e. The Hall–Kier alpha value is -1.42. The maximum absolute atomic E-state index is 13.7. The molecule has 0 amide bonds. The molecule has 0 aromatic heterocycles. The average molecular weight is 253 g/mol. The van der Waals surface area contributed by atoms with Crippen LogP contribution in [-0.2, 0) is 0 Å². The van der Waals surface area contributed by atoms with E-state index in [4.69, 9.17) is 5.11 Å². The lowest BCUT2D eigenvalue weighted by Gasteiger charge is -2.30. The highest BCUT2D eigenvalue weighted by Crippen LogP contribution is 2.25. The number of carbonyl (C=O) groups excluding carboxylic acids is 1. The standard InChI is InChI=1S/C14H20FNO2/c1-10(2)16(8-5-9-17)13-7-4-6-12(15)14(13)11(3)18/h4,6-7,10,17H,5,8-9H2,1-3H3. The molecule has 0 atom stereocenters. The number of hydrogen-bond acceptors (Lipinski definition) is 3. The van der Waals surface area contributed by atoms with E-state index in [1.54, 1.807) is 12.1 Å².